The second-order valence-corrected chi connectivity index (χ2v) is 10.2. The van der Waals surface area contributed by atoms with Gasteiger partial charge in [-0.1, -0.05) is 0 Å². The quantitative estimate of drug-likeness (QED) is 0.809. The lowest BCUT2D eigenvalue weighted by molar-refractivity contribution is 0.221. The zero-order chi connectivity index (χ0) is 18.4. The van der Waals surface area contributed by atoms with E-state index in [1.54, 1.807) is 0 Å². The Balaban J connectivity index is 1.76. The van der Waals surface area contributed by atoms with Gasteiger partial charge in [-0.25, -0.2) is 25.9 Å². The molecule has 1 aromatic carbocycles. The minimum Gasteiger partial charge on any atom is -0.494 e. The van der Waals surface area contributed by atoms with Crippen molar-refractivity contribution in [2.45, 2.75) is 48.7 Å². The molecule has 1 N–H and O–H groups in total. The summed E-state index contributed by atoms with van der Waals surface area (Å²) in [5.74, 6) is -0.782. The predicted octanol–water partition coefficient (Wildman–Crippen LogP) is 1.07. The van der Waals surface area contributed by atoms with Gasteiger partial charge in [0.05, 0.1) is 18.3 Å². The fraction of sp³-hybridized carbons (Fsp3) is 0.600. The minimum atomic E-state index is -3.89. The van der Waals surface area contributed by atoms with Gasteiger partial charge in [-0.3, -0.25) is 0 Å². The highest BCUT2D eigenvalue weighted by atomic mass is 32.2. The van der Waals surface area contributed by atoms with E-state index < -0.39 is 25.9 Å². The molecule has 2 aliphatic heterocycles. The summed E-state index contributed by atoms with van der Waals surface area (Å²) in [6.45, 7) is 0. The van der Waals surface area contributed by atoms with E-state index in [9.17, 15) is 21.2 Å². The van der Waals surface area contributed by atoms with Gasteiger partial charge in [-0.2, -0.15) is 4.31 Å². The van der Waals surface area contributed by atoms with Gasteiger partial charge in [0.25, 0.3) is 0 Å². The first-order chi connectivity index (χ1) is 11.6. The van der Waals surface area contributed by atoms with E-state index in [2.05, 4.69) is 4.72 Å². The molecule has 25 heavy (non-hydrogen) atoms. The molecular weight excluding hydrogens is 371 g/mol. The maximum Gasteiger partial charge on any atom is 0.240 e. The topological polar surface area (TPSA) is 92.8 Å². The first-order valence-corrected chi connectivity index (χ1v) is 11.3. The summed E-state index contributed by atoms with van der Waals surface area (Å²) in [4.78, 5) is -0.177. The van der Waals surface area contributed by atoms with Crippen LogP contribution in [0.15, 0.2) is 23.1 Å². The van der Waals surface area contributed by atoms with Crippen LogP contribution in [-0.4, -0.2) is 52.6 Å². The lowest BCUT2D eigenvalue weighted by Crippen LogP contribution is -2.51. The Morgan fingerprint density at radius 3 is 2.24 bits per heavy atom. The van der Waals surface area contributed by atoms with Crippen molar-refractivity contribution in [3.05, 3.63) is 24.0 Å². The number of rotatable bonds is 5. The SMILES string of the molecule is COc1ccc(S(=O)(=O)NC2CC3CCC(C2)N3S(C)(=O)=O)cc1F. The zero-order valence-corrected chi connectivity index (χ0v) is 15.6. The number of fused-ring (bicyclic) bond motifs is 2. The molecule has 2 bridgehead atoms. The summed E-state index contributed by atoms with van der Waals surface area (Å²) in [5, 5.41) is 0. The number of ether oxygens (including phenoxy) is 1. The highest BCUT2D eigenvalue weighted by Gasteiger charge is 2.46. The monoisotopic (exact) mass is 392 g/mol. The molecule has 0 saturated carbocycles. The number of nitrogens with zero attached hydrogens (tertiary/aromatic N) is 1. The molecular formula is C15H21FN2O5S2. The molecule has 2 aliphatic rings. The summed E-state index contributed by atoms with van der Waals surface area (Å²) in [5.41, 5.74) is 0. The second kappa shape index (κ2) is 6.49. The van der Waals surface area contributed by atoms with Gasteiger partial charge in [0.2, 0.25) is 20.0 Å². The van der Waals surface area contributed by atoms with Gasteiger partial charge in [-0.15, -0.1) is 0 Å². The number of methoxy groups -OCH3 is 1. The molecule has 2 fully saturated rings. The summed E-state index contributed by atoms with van der Waals surface area (Å²) >= 11 is 0. The van der Waals surface area contributed by atoms with Crippen molar-refractivity contribution in [2.75, 3.05) is 13.4 Å². The number of nitrogens with one attached hydrogen (secondary N) is 1. The van der Waals surface area contributed by atoms with Crippen molar-refractivity contribution in [1.29, 1.82) is 0 Å². The largest absolute Gasteiger partial charge is 0.494 e. The van der Waals surface area contributed by atoms with Crippen molar-refractivity contribution < 1.29 is 26.0 Å². The van der Waals surface area contributed by atoms with E-state index in [1.807, 2.05) is 0 Å². The first kappa shape index (κ1) is 18.6. The molecule has 0 amide bonds. The van der Waals surface area contributed by atoms with E-state index >= 15 is 0 Å². The fourth-order valence-corrected chi connectivity index (χ4v) is 6.61. The van der Waals surface area contributed by atoms with Crippen LogP contribution in [0.2, 0.25) is 0 Å². The Labute approximate surface area is 147 Å². The highest BCUT2D eigenvalue weighted by molar-refractivity contribution is 7.89. The van der Waals surface area contributed by atoms with E-state index in [4.69, 9.17) is 4.74 Å². The van der Waals surface area contributed by atoms with Gasteiger partial charge in [-0.05, 0) is 43.9 Å². The molecule has 2 heterocycles. The van der Waals surface area contributed by atoms with E-state index in [-0.39, 0.29) is 28.8 Å². The smallest absolute Gasteiger partial charge is 0.240 e. The number of benzene rings is 1. The van der Waals surface area contributed by atoms with Crippen LogP contribution in [0.4, 0.5) is 4.39 Å². The van der Waals surface area contributed by atoms with Crippen LogP contribution < -0.4 is 9.46 Å². The highest BCUT2D eigenvalue weighted by Crippen LogP contribution is 2.38. The Morgan fingerprint density at radius 2 is 1.76 bits per heavy atom. The van der Waals surface area contributed by atoms with Crippen LogP contribution in [-0.2, 0) is 20.0 Å². The van der Waals surface area contributed by atoms with Crippen molar-refractivity contribution >= 4 is 20.0 Å². The molecule has 2 saturated heterocycles. The van der Waals surface area contributed by atoms with Gasteiger partial charge < -0.3 is 4.74 Å². The van der Waals surface area contributed by atoms with Crippen LogP contribution >= 0.6 is 0 Å². The molecule has 1 aromatic rings. The van der Waals surface area contributed by atoms with Crippen LogP contribution in [0.1, 0.15) is 25.7 Å². The van der Waals surface area contributed by atoms with Crippen LogP contribution in [0, 0.1) is 5.82 Å². The molecule has 3 rings (SSSR count). The number of halogens is 1. The molecule has 0 spiro atoms. The number of hydrogen-bond acceptors (Lipinski definition) is 5. The third-order valence-corrected chi connectivity index (χ3v) is 7.68. The van der Waals surface area contributed by atoms with Crippen LogP contribution in [0.5, 0.6) is 5.75 Å². The standard InChI is InChI=1S/C15H21FN2O5S2/c1-23-15-6-5-13(9-14(15)16)25(21,22)17-10-7-11-3-4-12(8-10)18(11)24(2,19)20/h5-6,9-12,17H,3-4,7-8H2,1-2H3. The van der Waals surface area contributed by atoms with Crippen molar-refractivity contribution in [1.82, 2.24) is 9.03 Å². The van der Waals surface area contributed by atoms with Crippen LogP contribution in [0.3, 0.4) is 0 Å². The van der Waals surface area contributed by atoms with Gasteiger partial charge in [0, 0.05) is 18.1 Å². The second-order valence-electron chi connectivity index (χ2n) is 6.56. The average Bonchev–Trinajstić information content (AvgIpc) is 2.79. The molecule has 0 aromatic heterocycles. The van der Waals surface area contributed by atoms with Crippen molar-refractivity contribution in [2.24, 2.45) is 0 Å². The molecule has 2 unspecified atom stereocenters. The Hall–Kier alpha value is -1.23. The Bertz CT molecular complexity index is 858. The molecule has 2 atom stereocenters. The molecule has 140 valence electrons. The summed E-state index contributed by atoms with van der Waals surface area (Å²) in [6, 6.07) is 2.72. The summed E-state index contributed by atoms with van der Waals surface area (Å²) in [6.07, 6.45) is 3.48. The van der Waals surface area contributed by atoms with Gasteiger partial charge >= 0.3 is 0 Å². The average molecular weight is 392 g/mol. The van der Waals surface area contributed by atoms with E-state index in [0.717, 1.165) is 18.9 Å². The maximum atomic E-state index is 13.8. The zero-order valence-electron chi connectivity index (χ0n) is 14.0. The van der Waals surface area contributed by atoms with E-state index in [0.29, 0.717) is 12.8 Å². The van der Waals surface area contributed by atoms with E-state index in [1.165, 1.54) is 29.8 Å². The fourth-order valence-electron chi connectivity index (χ4n) is 3.87. The lowest BCUT2D eigenvalue weighted by atomic mass is 10.0. The molecule has 0 aliphatic carbocycles. The number of piperidine rings is 1. The molecule has 0 radical (unpaired) electrons. The number of sulfonamides is 2. The number of hydrogen-bond donors (Lipinski definition) is 1. The van der Waals surface area contributed by atoms with Crippen LogP contribution in [0.25, 0.3) is 0 Å². The normalized spacial score (nSPS) is 27.4. The van der Waals surface area contributed by atoms with Crippen molar-refractivity contribution in [3.8, 4) is 5.75 Å². The summed E-state index contributed by atoms with van der Waals surface area (Å²) < 4.78 is 71.5. The van der Waals surface area contributed by atoms with Gasteiger partial charge in [0.15, 0.2) is 11.6 Å². The van der Waals surface area contributed by atoms with Gasteiger partial charge in [0.1, 0.15) is 0 Å². The predicted molar refractivity (Wildman–Crippen MR) is 89.8 cm³/mol. The molecule has 7 nitrogen and oxygen atoms in total. The molecule has 10 heteroatoms. The third kappa shape index (κ3) is 3.67. The third-order valence-electron chi connectivity index (χ3n) is 4.80. The lowest BCUT2D eigenvalue weighted by Gasteiger charge is -2.37. The Kier molecular flexibility index (Phi) is 4.82. The summed E-state index contributed by atoms with van der Waals surface area (Å²) in [7, 11) is -5.89. The van der Waals surface area contributed by atoms with Crippen molar-refractivity contribution in [3.63, 3.8) is 0 Å². The first-order valence-electron chi connectivity index (χ1n) is 7.96. The Morgan fingerprint density at radius 1 is 1.16 bits per heavy atom. The minimum absolute atomic E-state index is 0.0292. The maximum absolute atomic E-state index is 13.8.